The third-order valence-corrected chi connectivity index (χ3v) is 4.47. The van der Waals surface area contributed by atoms with E-state index in [0.29, 0.717) is 12.2 Å². The number of nitrogens with one attached hydrogen (secondary N) is 3. The summed E-state index contributed by atoms with van der Waals surface area (Å²) in [5.41, 5.74) is 1.79. The summed E-state index contributed by atoms with van der Waals surface area (Å²) < 4.78 is 6.07. The van der Waals surface area contributed by atoms with Crippen LogP contribution in [0.3, 0.4) is 0 Å². The van der Waals surface area contributed by atoms with E-state index in [0.717, 1.165) is 15.6 Å². The monoisotopic (exact) mass is 501 g/mol. The van der Waals surface area contributed by atoms with Crippen LogP contribution in [0.2, 0.25) is 0 Å². The lowest BCUT2D eigenvalue weighted by atomic mass is 10.2. The predicted molar refractivity (Wildman–Crippen MR) is 129 cm³/mol. The highest BCUT2D eigenvalue weighted by Crippen LogP contribution is 2.13. The van der Waals surface area contributed by atoms with Gasteiger partial charge in [-0.2, -0.15) is 0 Å². The van der Waals surface area contributed by atoms with Gasteiger partial charge in [-0.3, -0.25) is 9.59 Å². The lowest BCUT2D eigenvalue weighted by Crippen LogP contribution is -2.34. The van der Waals surface area contributed by atoms with Gasteiger partial charge in [-0.15, -0.1) is 0 Å². The van der Waals surface area contributed by atoms with E-state index in [9.17, 15) is 14.4 Å². The smallest absolute Gasteiger partial charge is 0.407 e. The van der Waals surface area contributed by atoms with Crippen molar-refractivity contribution in [3.8, 4) is 0 Å². The summed E-state index contributed by atoms with van der Waals surface area (Å²) in [7, 11) is 0. The largest absolute Gasteiger partial charge is 0.444 e. The zero-order chi connectivity index (χ0) is 23.6. The minimum Gasteiger partial charge on any atom is -0.444 e. The molecule has 2 aromatic carbocycles. The molecule has 0 aliphatic carbocycles. The molecular formula is C24H28BrN3O4. The summed E-state index contributed by atoms with van der Waals surface area (Å²) in [6.07, 6.45) is 2.77. The van der Waals surface area contributed by atoms with Crippen molar-refractivity contribution in [2.45, 2.75) is 39.3 Å². The van der Waals surface area contributed by atoms with E-state index in [2.05, 4.69) is 31.9 Å². The maximum atomic E-state index is 12.1. The van der Waals surface area contributed by atoms with Crippen molar-refractivity contribution >= 4 is 45.6 Å². The average molecular weight is 502 g/mol. The average Bonchev–Trinajstić information content (AvgIpc) is 2.70. The van der Waals surface area contributed by atoms with Crippen LogP contribution in [0.1, 0.15) is 38.3 Å². The van der Waals surface area contributed by atoms with Gasteiger partial charge >= 0.3 is 6.09 Å². The summed E-state index contributed by atoms with van der Waals surface area (Å²) in [5.74, 6) is -0.452. The molecule has 0 fully saturated rings. The van der Waals surface area contributed by atoms with Gasteiger partial charge in [-0.1, -0.05) is 40.2 Å². The van der Waals surface area contributed by atoms with Crippen molar-refractivity contribution in [2.75, 3.05) is 11.9 Å². The van der Waals surface area contributed by atoms with Crippen molar-refractivity contribution in [3.05, 3.63) is 70.2 Å². The molecule has 0 spiro atoms. The number of hydrogen-bond acceptors (Lipinski definition) is 4. The first-order chi connectivity index (χ1) is 15.1. The van der Waals surface area contributed by atoms with Crippen LogP contribution in [-0.2, 0) is 20.9 Å². The van der Waals surface area contributed by atoms with Gasteiger partial charge in [0.05, 0.1) is 0 Å². The van der Waals surface area contributed by atoms with Crippen LogP contribution < -0.4 is 16.0 Å². The van der Waals surface area contributed by atoms with Gasteiger partial charge in [0, 0.05) is 35.7 Å². The number of benzene rings is 2. The first-order valence-electron chi connectivity index (χ1n) is 10.2. The number of carbonyl (C=O) groups excluding carboxylic acids is 3. The molecule has 3 amide bonds. The van der Waals surface area contributed by atoms with Gasteiger partial charge in [0.25, 0.3) is 0 Å². The fourth-order valence-corrected chi connectivity index (χ4v) is 3.02. The molecule has 3 N–H and O–H groups in total. The number of halogens is 1. The van der Waals surface area contributed by atoms with Gasteiger partial charge in [-0.05, 0) is 62.2 Å². The summed E-state index contributed by atoms with van der Waals surface area (Å²) in [6, 6.07) is 14.8. The molecule has 0 saturated heterocycles. The van der Waals surface area contributed by atoms with Crippen molar-refractivity contribution in [2.24, 2.45) is 0 Å². The van der Waals surface area contributed by atoms with Gasteiger partial charge in [0.1, 0.15) is 5.60 Å². The number of carbonyl (C=O) groups is 3. The molecule has 0 bridgehead atoms. The number of ether oxygens (including phenoxy) is 1. The Balaban J connectivity index is 1.77. The number of hydrogen-bond donors (Lipinski definition) is 3. The van der Waals surface area contributed by atoms with Crippen LogP contribution in [0.25, 0.3) is 6.08 Å². The molecule has 0 unspecified atom stereocenters. The van der Waals surface area contributed by atoms with E-state index in [1.165, 1.54) is 6.08 Å². The van der Waals surface area contributed by atoms with Crippen LogP contribution in [0.15, 0.2) is 59.1 Å². The van der Waals surface area contributed by atoms with Gasteiger partial charge < -0.3 is 20.7 Å². The van der Waals surface area contributed by atoms with Gasteiger partial charge in [0.2, 0.25) is 11.8 Å². The highest BCUT2D eigenvalue weighted by molar-refractivity contribution is 9.10. The maximum absolute atomic E-state index is 12.1. The highest BCUT2D eigenvalue weighted by atomic mass is 79.9. The van der Waals surface area contributed by atoms with Crippen LogP contribution in [0, 0.1) is 0 Å². The minimum absolute atomic E-state index is 0.112. The Morgan fingerprint density at radius 3 is 2.50 bits per heavy atom. The fourth-order valence-electron chi connectivity index (χ4n) is 2.61. The normalized spacial score (nSPS) is 11.1. The molecule has 0 aliphatic heterocycles. The highest BCUT2D eigenvalue weighted by Gasteiger charge is 2.15. The Kier molecular flexibility index (Phi) is 9.46. The molecule has 0 heterocycles. The minimum atomic E-state index is -0.587. The van der Waals surface area contributed by atoms with Gasteiger partial charge in [0.15, 0.2) is 0 Å². The van der Waals surface area contributed by atoms with Crippen LogP contribution in [-0.4, -0.2) is 30.1 Å². The third-order valence-electron chi connectivity index (χ3n) is 3.97. The second-order valence-electron chi connectivity index (χ2n) is 8.03. The SMILES string of the molecule is CC(C)(C)OC(=O)NCCC(=O)Nc1cccc(CNC(=O)/C=C/c2cccc(Br)c2)c1. The van der Waals surface area contributed by atoms with Crippen molar-refractivity contribution < 1.29 is 19.1 Å². The number of anilines is 1. The second-order valence-corrected chi connectivity index (χ2v) is 8.95. The third kappa shape index (κ3) is 10.3. The van der Waals surface area contributed by atoms with Crippen LogP contribution >= 0.6 is 15.9 Å². The molecule has 32 heavy (non-hydrogen) atoms. The molecule has 0 radical (unpaired) electrons. The zero-order valence-corrected chi connectivity index (χ0v) is 20.0. The van der Waals surface area contributed by atoms with E-state index in [1.807, 2.05) is 30.3 Å². The van der Waals surface area contributed by atoms with E-state index in [-0.39, 0.29) is 24.8 Å². The Morgan fingerprint density at radius 2 is 1.78 bits per heavy atom. The number of rotatable bonds is 8. The first-order valence-corrected chi connectivity index (χ1v) is 11.0. The summed E-state index contributed by atoms with van der Waals surface area (Å²) in [5, 5.41) is 8.15. The molecular weight excluding hydrogens is 474 g/mol. The Hall–Kier alpha value is -3.13. The predicted octanol–water partition coefficient (Wildman–Crippen LogP) is 4.63. The van der Waals surface area contributed by atoms with Crippen molar-refractivity contribution in [3.63, 3.8) is 0 Å². The van der Waals surface area contributed by atoms with Crippen LogP contribution in [0.4, 0.5) is 10.5 Å². The second kappa shape index (κ2) is 12.0. The van der Waals surface area contributed by atoms with E-state index < -0.39 is 11.7 Å². The molecule has 170 valence electrons. The Labute approximate surface area is 196 Å². The van der Waals surface area contributed by atoms with Crippen molar-refractivity contribution in [1.82, 2.24) is 10.6 Å². The van der Waals surface area contributed by atoms with Crippen molar-refractivity contribution in [1.29, 1.82) is 0 Å². The molecule has 0 saturated carbocycles. The molecule has 2 rings (SSSR count). The Morgan fingerprint density at radius 1 is 1.03 bits per heavy atom. The fraction of sp³-hybridized carbons (Fsp3) is 0.292. The molecule has 8 heteroatoms. The topological polar surface area (TPSA) is 96.5 Å². The summed E-state index contributed by atoms with van der Waals surface area (Å²) in [6.45, 7) is 5.81. The van der Waals surface area contributed by atoms with Gasteiger partial charge in [-0.25, -0.2) is 4.79 Å². The molecule has 2 aromatic rings. The zero-order valence-electron chi connectivity index (χ0n) is 18.4. The molecule has 0 aromatic heterocycles. The Bertz CT molecular complexity index is 983. The van der Waals surface area contributed by atoms with E-state index >= 15 is 0 Å². The van der Waals surface area contributed by atoms with E-state index in [4.69, 9.17) is 4.74 Å². The van der Waals surface area contributed by atoms with E-state index in [1.54, 1.807) is 45.0 Å². The summed E-state index contributed by atoms with van der Waals surface area (Å²) >= 11 is 3.40. The quantitative estimate of drug-likeness (QED) is 0.459. The maximum Gasteiger partial charge on any atom is 0.407 e. The standard InChI is InChI=1S/C24H28BrN3O4/c1-24(2,3)32-23(31)26-13-12-22(30)28-20-9-5-7-18(15-20)16-27-21(29)11-10-17-6-4-8-19(25)14-17/h4-11,14-15H,12-13,16H2,1-3H3,(H,26,31)(H,27,29)(H,28,30)/b11-10+. The number of amides is 3. The molecule has 0 aliphatic rings. The lowest BCUT2D eigenvalue weighted by molar-refractivity contribution is -0.117. The van der Waals surface area contributed by atoms with Crippen LogP contribution in [0.5, 0.6) is 0 Å². The number of alkyl carbamates (subject to hydrolysis) is 1. The lowest BCUT2D eigenvalue weighted by Gasteiger charge is -2.19. The summed E-state index contributed by atoms with van der Waals surface area (Å²) in [4.78, 5) is 35.8. The first kappa shape index (κ1) is 25.1. The molecule has 0 atom stereocenters. The molecule has 7 nitrogen and oxygen atoms in total.